The fourth-order valence-electron chi connectivity index (χ4n) is 2.75. The molecule has 0 unspecified atom stereocenters. The fourth-order valence-corrected chi connectivity index (χ4v) is 2.75. The number of likely N-dealkylation sites (N-methyl/N-ethyl adjacent to an activating group) is 1. The summed E-state index contributed by atoms with van der Waals surface area (Å²) in [6, 6.07) is 3.38. The van der Waals surface area contributed by atoms with Crippen molar-refractivity contribution >= 4 is 11.8 Å². The van der Waals surface area contributed by atoms with Crippen LogP contribution in [0.25, 0.3) is 0 Å². The zero-order chi connectivity index (χ0) is 15.4. The highest BCUT2D eigenvalue weighted by Gasteiger charge is 2.32. The summed E-state index contributed by atoms with van der Waals surface area (Å²) in [7, 11) is 3.88. The van der Waals surface area contributed by atoms with Crippen molar-refractivity contribution < 1.29 is 14.0 Å². The highest BCUT2D eigenvalue weighted by molar-refractivity contribution is 5.87. The number of rotatable bonds is 5. The smallest absolute Gasteiger partial charge is 0.242 e. The number of carbonyl (C=O) groups is 2. The van der Waals surface area contributed by atoms with Gasteiger partial charge in [-0.05, 0) is 39.1 Å². The predicted molar refractivity (Wildman–Crippen MR) is 78.6 cm³/mol. The van der Waals surface area contributed by atoms with E-state index in [0.717, 1.165) is 18.6 Å². The van der Waals surface area contributed by atoms with Crippen molar-refractivity contribution in [1.29, 1.82) is 0 Å². The third kappa shape index (κ3) is 3.64. The number of likely N-dealkylation sites (tertiary alicyclic amines) is 1. The summed E-state index contributed by atoms with van der Waals surface area (Å²) in [6.45, 7) is 2.64. The number of furan rings is 1. The molecule has 0 saturated carbocycles. The molecule has 1 aromatic rings. The van der Waals surface area contributed by atoms with Crippen LogP contribution < -0.4 is 5.32 Å². The molecule has 2 amide bonds. The van der Waals surface area contributed by atoms with Crippen LogP contribution in [0.4, 0.5) is 0 Å². The highest BCUT2D eigenvalue weighted by atomic mass is 16.3. The maximum Gasteiger partial charge on any atom is 0.242 e. The second-order valence-electron chi connectivity index (χ2n) is 5.61. The molecule has 2 rings (SSSR count). The lowest BCUT2D eigenvalue weighted by Gasteiger charge is -2.26. The number of hydrogen-bond acceptors (Lipinski definition) is 4. The Morgan fingerprint density at radius 3 is 2.86 bits per heavy atom. The summed E-state index contributed by atoms with van der Waals surface area (Å²) in [5, 5.41) is 2.94. The van der Waals surface area contributed by atoms with Crippen molar-refractivity contribution in [2.75, 3.05) is 27.2 Å². The van der Waals surface area contributed by atoms with Gasteiger partial charge in [0.25, 0.3) is 0 Å². The topological polar surface area (TPSA) is 65.8 Å². The minimum absolute atomic E-state index is 0.0175. The van der Waals surface area contributed by atoms with Crippen LogP contribution in [0.1, 0.15) is 31.6 Å². The summed E-state index contributed by atoms with van der Waals surface area (Å²) in [5.74, 6) is 0.694. The Bertz CT molecular complexity index is 484. The molecule has 0 aromatic carbocycles. The lowest BCUT2D eigenvalue weighted by molar-refractivity contribution is -0.136. The molecule has 116 valence electrons. The van der Waals surface area contributed by atoms with Crippen molar-refractivity contribution in [3.63, 3.8) is 0 Å². The van der Waals surface area contributed by atoms with Gasteiger partial charge in [0.15, 0.2) is 0 Å². The van der Waals surface area contributed by atoms with Gasteiger partial charge in [0, 0.05) is 20.0 Å². The van der Waals surface area contributed by atoms with E-state index in [-0.39, 0.29) is 23.9 Å². The summed E-state index contributed by atoms with van der Waals surface area (Å²) < 4.78 is 5.42. The number of carbonyl (C=O) groups excluding carboxylic acids is 2. The van der Waals surface area contributed by atoms with Crippen molar-refractivity contribution in [3.05, 3.63) is 24.2 Å². The molecule has 0 bridgehead atoms. The normalized spacial score (nSPS) is 19.8. The molecule has 2 heterocycles. The number of amides is 2. The average Bonchev–Trinajstić information content (AvgIpc) is 3.09. The van der Waals surface area contributed by atoms with Gasteiger partial charge in [-0.3, -0.25) is 14.5 Å². The van der Waals surface area contributed by atoms with Gasteiger partial charge >= 0.3 is 0 Å². The summed E-state index contributed by atoms with van der Waals surface area (Å²) in [5.41, 5.74) is 0. The second kappa shape index (κ2) is 6.76. The van der Waals surface area contributed by atoms with Gasteiger partial charge in [-0.2, -0.15) is 0 Å². The SMILES string of the molecule is CC(=O)N1CCC[C@H]1C(=O)NC[C@H](c1ccco1)N(C)C. The molecular weight excluding hydrogens is 270 g/mol. The van der Waals surface area contributed by atoms with E-state index in [9.17, 15) is 9.59 Å². The van der Waals surface area contributed by atoms with Crippen LogP contribution in [0, 0.1) is 0 Å². The third-order valence-corrected chi connectivity index (χ3v) is 3.92. The molecule has 6 nitrogen and oxygen atoms in total. The molecule has 1 N–H and O–H groups in total. The predicted octanol–water partition coefficient (Wildman–Crippen LogP) is 1.01. The lowest BCUT2D eigenvalue weighted by atomic mass is 10.1. The summed E-state index contributed by atoms with van der Waals surface area (Å²) in [6.07, 6.45) is 3.24. The third-order valence-electron chi connectivity index (χ3n) is 3.92. The molecule has 0 radical (unpaired) electrons. The quantitative estimate of drug-likeness (QED) is 0.880. The summed E-state index contributed by atoms with van der Waals surface area (Å²) >= 11 is 0. The van der Waals surface area contributed by atoms with Crippen molar-refractivity contribution in [1.82, 2.24) is 15.1 Å². The largest absolute Gasteiger partial charge is 0.468 e. The van der Waals surface area contributed by atoms with Gasteiger partial charge in [-0.15, -0.1) is 0 Å². The van der Waals surface area contributed by atoms with E-state index in [4.69, 9.17) is 4.42 Å². The van der Waals surface area contributed by atoms with Gasteiger partial charge in [0.1, 0.15) is 11.8 Å². The maximum absolute atomic E-state index is 12.3. The Labute approximate surface area is 125 Å². The Morgan fingerprint density at radius 1 is 1.52 bits per heavy atom. The van der Waals surface area contributed by atoms with E-state index in [1.54, 1.807) is 11.2 Å². The first-order valence-corrected chi connectivity index (χ1v) is 7.25. The van der Waals surface area contributed by atoms with E-state index in [2.05, 4.69) is 5.32 Å². The van der Waals surface area contributed by atoms with Crippen molar-refractivity contribution in [2.45, 2.75) is 31.8 Å². The first-order valence-electron chi connectivity index (χ1n) is 7.25. The zero-order valence-electron chi connectivity index (χ0n) is 12.8. The molecule has 1 aromatic heterocycles. The average molecular weight is 293 g/mol. The molecule has 6 heteroatoms. The first-order chi connectivity index (χ1) is 10.0. The van der Waals surface area contributed by atoms with Crippen LogP contribution in [0.3, 0.4) is 0 Å². The minimum Gasteiger partial charge on any atom is -0.468 e. The molecule has 0 spiro atoms. The standard InChI is InChI=1S/C15H23N3O3/c1-11(19)18-8-4-6-12(18)15(20)16-10-13(17(2)3)14-7-5-9-21-14/h5,7,9,12-13H,4,6,8,10H2,1-3H3,(H,16,20)/t12-,13+/m0/s1. The maximum atomic E-state index is 12.3. The molecule has 21 heavy (non-hydrogen) atoms. The van der Waals surface area contributed by atoms with E-state index in [1.807, 2.05) is 31.1 Å². The van der Waals surface area contributed by atoms with Gasteiger partial charge < -0.3 is 14.6 Å². The lowest BCUT2D eigenvalue weighted by Crippen LogP contribution is -2.47. The number of nitrogens with zero attached hydrogens (tertiary/aromatic N) is 2. The molecule has 0 aliphatic carbocycles. The Hall–Kier alpha value is -1.82. The van der Waals surface area contributed by atoms with Gasteiger partial charge in [0.05, 0.1) is 12.3 Å². The van der Waals surface area contributed by atoms with E-state index in [1.165, 1.54) is 6.92 Å². The van der Waals surface area contributed by atoms with E-state index < -0.39 is 0 Å². The molecule has 2 atom stereocenters. The monoisotopic (exact) mass is 293 g/mol. The summed E-state index contributed by atoms with van der Waals surface area (Å²) in [4.78, 5) is 27.5. The van der Waals surface area contributed by atoms with Crippen LogP contribution in [0.2, 0.25) is 0 Å². The van der Waals surface area contributed by atoms with Crippen molar-refractivity contribution in [2.24, 2.45) is 0 Å². The number of hydrogen-bond donors (Lipinski definition) is 1. The van der Waals surface area contributed by atoms with Crippen LogP contribution in [-0.4, -0.2) is 54.8 Å². The highest BCUT2D eigenvalue weighted by Crippen LogP contribution is 2.20. The Morgan fingerprint density at radius 2 is 2.29 bits per heavy atom. The number of nitrogens with one attached hydrogen (secondary N) is 1. The molecule has 1 aliphatic heterocycles. The van der Waals surface area contributed by atoms with E-state index in [0.29, 0.717) is 13.1 Å². The zero-order valence-corrected chi connectivity index (χ0v) is 12.8. The molecule has 1 saturated heterocycles. The molecule has 1 aliphatic rings. The fraction of sp³-hybridized carbons (Fsp3) is 0.600. The first kappa shape index (κ1) is 15.6. The van der Waals surface area contributed by atoms with Crippen molar-refractivity contribution in [3.8, 4) is 0 Å². The van der Waals surface area contributed by atoms with Crippen LogP contribution in [0.15, 0.2) is 22.8 Å². The van der Waals surface area contributed by atoms with Crippen LogP contribution in [0.5, 0.6) is 0 Å². The second-order valence-corrected chi connectivity index (χ2v) is 5.61. The van der Waals surface area contributed by atoms with Gasteiger partial charge in [0.2, 0.25) is 11.8 Å². The Kier molecular flexibility index (Phi) is 5.01. The molecule has 1 fully saturated rings. The van der Waals surface area contributed by atoms with E-state index >= 15 is 0 Å². The van der Waals surface area contributed by atoms with Gasteiger partial charge in [-0.1, -0.05) is 0 Å². The molecular formula is C15H23N3O3. The van der Waals surface area contributed by atoms with Crippen LogP contribution in [-0.2, 0) is 9.59 Å². The van der Waals surface area contributed by atoms with Gasteiger partial charge in [-0.25, -0.2) is 0 Å². The van der Waals surface area contributed by atoms with Crippen LogP contribution >= 0.6 is 0 Å². The minimum atomic E-state index is -0.332. The Balaban J connectivity index is 1.95.